The van der Waals surface area contributed by atoms with E-state index in [0.717, 1.165) is 43.3 Å². The molecule has 1 amide bonds. The largest absolute Gasteiger partial charge is 0.370 e. The van der Waals surface area contributed by atoms with Crippen molar-refractivity contribution in [3.63, 3.8) is 0 Å². The summed E-state index contributed by atoms with van der Waals surface area (Å²) in [6.07, 6.45) is 3.53. The highest BCUT2D eigenvalue weighted by Crippen LogP contribution is 2.17. The molecule has 26 heavy (non-hydrogen) atoms. The highest BCUT2D eigenvalue weighted by atomic mass is 32.1. The van der Waals surface area contributed by atoms with Gasteiger partial charge in [0.15, 0.2) is 0 Å². The third-order valence-electron chi connectivity index (χ3n) is 4.65. The van der Waals surface area contributed by atoms with Crippen molar-refractivity contribution >= 4 is 23.3 Å². The van der Waals surface area contributed by atoms with Crippen LogP contribution in [0.15, 0.2) is 42.5 Å². The third kappa shape index (κ3) is 5.53. The Bertz CT molecular complexity index is 746. The van der Waals surface area contributed by atoms with Gasteiger partial charge in [-0.3, -0.25) is 4.79 Å². The number of ether oxygens (including phenoxy) is 1. The van der Waals surface area contributed by atoms with Crippen LogP contribution in [0, 0.1) is 13.8 Å². The first kappa shape index (κ1) is 18.8. The molecule has 0 bridgehead atoms. The fourth-order valence-corrected chi connectivity index (χ4v) is 3.90. The number of benzene rings is 1. The lowest BCUT2D eigenvalue weighted by atomic mass is 10.0. The summed E-state index contributed by atoms with van der Waals surface area (Å²) in [6.45, 7) is 8.59. The molecule has 1 aromatic heterocycles. The number of hydrogen-bond donors (Lipinski definition) is 2. The zero-order chi connectivity index (χ0) is 18.4. The van der Waals surface area contributed by atoms with Crippen LogP contribution < -0.4 is 10.2 Å². The van der Waals surface area contributed by atoms with Gasteiger partial charge in [-0.25, -0.2) is 0 Å². The van der Waals surface area contributed by atoms with E-state index in [4.69, 9.17) is 4.74 Å². The number of morpholine rings is 1. The molecule has 0 aliphatic carbocycles. The summed E-state index contributed by atoms with van der Waals surface area (Å²) in [6, 6.07) is 12.6. The number of aryl methyl sites for hydroxylation is 2. The van der Waals surface area contributed by atoms with Crippen LogP contribution in [0.1, 0.15) is 26.9 Å². The number of carbonyl (C=O) groups excluding carboxylic acids is 1. The second kappa shape index (κ2) is 9.12. The van der Waals surface area contributed by atoms with Gasteiger partial charge in [-0.15, -0.1) is 11.3 Å². The van der Waals surface area contributed by atoms with Crippen LogP contribution >= 0.6 is 11.3 Å². The highest BCUT2D eigenvalue weighted by Gasteiger charge is 2.22. The molecular weight excluding hydrogens is 344 g/mol. The normalized spacial score (nSPS) is 16.7. The van der Waals surface area contributed by atoms with Crippen molar-refractivity contribution in [3.05, 3.63) is 63.4 Å². The van der Waals surface area contributed by atoms with Crippen LogP contribution in [0.25, 0.3) is 6.08 Å². The molecule has 2 heterocycles. The monoisotopic (exact) mass is 371 g/mol. The average molecular weight is 372 g/mol. The second-order valence-corrected chi connectivity index (χ2v) is 8.14. The van der Waals surface area contributed by atoms with Crippen molar-refractivity contribution in [1.29, 1.82) is 0 Å². The number of thiophene rings is 1. The summed E-state index contributed by atoms with van der Waals surface area (Å²) < 4.78 is 5.46. The lowest BCUT2D eigenvalue weighted by Gasteiger charge is -2.28. The van der Waals surface area contributed by atoms with Crippen molar-refractivity contribution in [2.24, 2.45) is 0 Å². The van der Waals surface area contributed by atoms with Gasteiger partial charge in [0.25, 0.3) is 0 Å². The van der Waals surface area contributed by atoms with Crippen LogP contribution in [0.2, 0.25) is 0 Å². The van der Waals surface area contributed by atoms with E-state index >= 15 is 0 Å². The molecule has 0 saturated carbocycles. The number of carbonyl (C=O) groups is 1. The first-order chi connectivity index (χ1) is 12.6. The first-order valence-corrected chi connectivity index (χ1v) is 9.95. The quantitative estimate of drug-likeness (QED) is 0.764. The third-order valence-corrected chi connectivity index (χ3v) is 5.61. The van der Waals surface area contributed by atoms with E-state index in [1.54, 1.807) is 17.4 Å². The van der Waals surface area contributed by atoms with Gasteiger partial charge in [-0.1, -0.05) is 29.8 Å². The van der Waals surface area contributed by atoms with E-state index in [1.165, 1.54) is 15.3 Å². The molecule has 1 saturated heterocycles. The van der Waals surface area contributed by atoms with Gasteiger partial charge in [-0.05, 0) is 37.6 Å². The molecule has 2 aromatic rings. The molecule has 1 aliphatic rings. The molecule has 2 N–H and O–H groups in total. The fourth-order valence-electron chi connectivity index (χ4n) is 3.12. The molecule has 1 atom stereocenters. The zero-order valence-electron chi connectivity index (χ0n) is 15.5. The summed E-state index contributed by atoms with van der Waals surface area (Å²) in [5.74, 6) is -0.0470. The second-order valence-electron chi connectivity index (χ2n) is 6.82. The Balaban J connectivity index is 1.68. The maximum Gasteiger partial charge on any atom is 0.244 e. The number of amides is 1. The molecule has 5 heteroatoms. The van der Waals surface area contributed by atoms with Crippen LogP contribution in [0.3, 0.4) is 0 Å². The van der Waals surface area contributed by atoms with Crippen molar-refractivity contribution in [2.45, 2.75) is 19.9 Å². The van der Waals surface area contributed by atoms with Crippen molar-refractivity contribution < 1.29 is 14.4 Å². The standard InChI is InChI=1S/C21H26N2O2S/c1-16-3-6-18(7-4-16)20(15-23-11-13-25-14-12-23)22-21(24)10-9-19-8-5-17(2)26-19/h3-10,20H,11-15H2,1-2H3,(H,22,24)/p+1/b10-9+/t20-/m1/s1. The smallest absolute Gasteiger partial charge is 0.244 e. The van der Waals surface area contributed by atoms with E-state index in [0.29, 0.717) is 0 Å². The van der Waals surface area contributed by atoms with E-state index < -0.39 is 0 Å². The lowest BCUT2D eigenvalue weighted by Crippen LogP contribution is -3.14. The number of nitrogens with one attached hydrogen (secondary N) is 2. The predicted octanol–water partition coefficient (Wildman–Crippen LogP) is 2.15. The minimum atomic E-state index is -0.0470. The van der Waals surface area contributed by atoms with E-state index in [9.17, 15) is 4.79 Å². The van der Waals surface area contributed by atoms with Crippen molar-refractivity contribution in [2.75, 3.05) is 32.8 Å². The summed E-state index contributed by atoms with van der Waals surface area (Å²) in [5, 5.41) is 3.19. The average Bonchev–Trinajstić information content (AvgIpc) is 3.06. The molecule has 1 aromatic carbocycles. The summed E-state index contributed by atoms with van der Waals surface area (Å²) in [7, 11) is 0. The van der Waals surface area contributed by atoms with Gasteiger partial charge in [0.2, 0.25) is 5.91 Å². The minimum absolute atomic E-state index is 0.00548. The molecule has 1 fully saturated rings. The molecule has 4 nitrogen and oxygen atoms in total. The number of hydrogen-bond acceptors (Lipinski definition) is 3. The molecule has 0 unspecified atom stereocenters. The van der Waals surface area contributed by atoms with E-state index in [1.807, 2.05) is 12.1 Å². The molecular formula is C21H27N2O2S+. The molecule has 1 aliphatic heterocycles. The van der Waals surface area contributed by atoms with Gasteiger partial charge in [0.05, 0.1) is 13.2 Å². The maximum atomic E-state index is 12.5. The predicted molar refractivity (Wildman–Crippen MR) is 107 cm³/mol. The number of quaternary nitrogens is 1. The highest BCUT2D eigenvalue weighted by molar-refractivity contribution is 7.12. The topological polar surface area (TPSA) is 42.8 Å². The Labute approximate surface area is 159 Å². The van der Waals surface area contributed by atoms with Crippen molar-refractivity contribution in [1.82, 2.24) is 5.32 Å². The SMILES string of the molecule is Cc1ccc([C@@H](C[NH+]2CCOCC2)NC(=O)/C=C/c2ccc(C)s2)cc1. The van der Waals surface area contributed by atoms with Crippen molar-refractivity contribution in [3.8, 4) is 0 Å². The van der Waals surface area contributed by atoms with E-state index in [2.05, 4.69) is 49.5 Å². The van der Waals surface area contributed by atoms with Crippen LogP contribution in [-0.4, -0.2) is 38.8 Å². The van der Waals surface area contributed by atoms with Crippen LogP contribution in [0.4, 0.5) is 0 Å². The Kier molecular flexibility index (Phi) is 6.61. The zero-order valence-corrected chi connectivity index (χ0v) is 16.3. The maximum absolute atomic E-state index is 12.5. The Morgan fingerprint density at radius 2 is 1.92 bits per heavy atom. The van der Waals surface area contributed by atoms with Gasteiger partial charge < -0.3 is 15.0 Å². The van der Waals surface area contributed by atoms with Gasteiger partial charge in [-0.2, -0.15) is 0 Å². The van der Waals surface area contributed by atoms with Crippen LogP contribution in [0.5, 0.6) is 0 Å². The van der Waals surface area contributed by atoms with Gasteiger partial charge >= 0.3 is 0 Å². The summed E-state index contributed by atoms with van der Waals surface area (Å²) >= 11 is 1.69. The van der Waals surface area contributed by atoms with Crippen LogP contribution in [-0.2, 0) is 9.53 Å². The Morgan fingerprint density at radius 1 is 1.19 bits per heavy atom. The molecule has 3 rings (SSSR count). The summed E-state index contributed by atoms with van der Waals surface area (Å²) in [5.41, 5.74) is 2.38. The summed E-state index contributed by atoms with van der Waals surface area (Å²) in [4.78, 5) is 16.3. The van der Waals surface area contributed by atoms with Gasteiger partial charge in [0.1, 0.15) is 25.7 Å². The lowest BCUT2D eigenvalue weighted by molar-refractivity contribution is -0.909. The Morgan fingerprint density at radius 3 is 2.58 bits per heavy atom. The van der Waals surface area contributed by atoms with Gasteiger partial charge in [0, 0.05) is 15.8 Å². The first-order valence-electron chi connectivity index (χ1n) is 9.13. The molecule has 138 valence electrons. The number of rotatable bonds is 6. The minimum Gasteiger partial charge on any atom is -0.370 e. The molecule has 0 spiro atoms. The Hall–Kier alpha value is -1.95. The fraction of sp³-hybridized carbons (Fsp3) is 0.381. The van der Waals surface area contributed by atoms with E-state index in [-0.39, 0.29) is 11.9 Å². The molecule has 0 radical (unpaired) electrons.